The van der Waals surface area contributed by atoms with Crippen molar-refractivity contribution in [3.05, 3.63) is 52.6 Å². The summed E-state index contributed by atoms with van der Waals surface area (Å²) in [5.74, 6) is 0.0321. The van der Waals surface area contributed by atoms with Crippen LogP contribution in [0, 0.1) is 19.8 Å². The second kappa shape index (κ2) is 8.78. The molecular weight excluding hydrogens is 381 g/mol. The number of carbonyl (C=O) groups is 1. The van der Waals surface area contributed by atoms with Crippen molar-refractivity contribution in [1.82, 2.24) is 0 Å². The van der Waals surface area contributed by atoms with Crippen molar-refractivity contribution >= 4 is 19.2 Å². The summed E-state index contributed by atoms with van der Waals surface area (Å²) in [6.07, 6.45) is -0.0939. The number of hydrogen-bond acceptors (Lipinski definition) is 4. The zero-order valence-corrected chi connectivity index (χ0v) is 17.3. The van der Waals surface area contributed by atoms with Crippen LogP contribution in [0.2, 0.25) is 0 Å². The van der Waals surface area contributed by atoms with Gasteiger partial charge in [-0.05, 0) is 66.8 Å². The molecule has 0 heterocycles. The van der Waals surface area contributed by atoms with E-state index < -0.39 is 13.9 Å². The number of aryl methyl sites for hydroxylation is 2. The Kier molecular flexibility index (Phi) is 6.88. The summed E-state index contributed by atoms with van der Waals surface area (Å²) in [4.78, 5) is 29.8. The maximum atomic E-state index is 11.9. The molecular formula is C20H26NO6P. The summed E-state index contributed by atoms with van der Waals surface area (Å²) >= 11 is 0. The molecule has 0 atom stereocenters. The number of benzene rings is 2. The van der Waals surface area contributed by atoms with E-state index in [1.54, 1.807) is 44.2 Å². The smallest absolute Gasteiger partial charge is 0.362 e. The van der Waals surface area contributed by atoms with Gasteiger partial charge in [-0.1, -0.05) is 19.9 Å². The van der Waals surface area contributed by atoms with Crippen LogP contribution in [-0.2, 0) is 15.8 Å². The van der Waals surface area contributed by atoms with Gasteiger partial charge in [-0.2, -0.15) is 0 Å². The Morgan fingerprint density at radius 2 is 1.75 bits per heavy atom. The maximum Gasteiger partial charge on any atom is 0.362 e. The van der Waals surface area contributed by atoms with Crippen molar-refractivity contribution in [2.24, 2.45) is 5.92 Å². The highest BCUT2D eigenvalue weighted by atomic mass is 31.2. The number of amides is 1. The van der Waals surface area contributed by atoms with Gasteiger partial charge in [-0.3, -0.25) is 9.36 Å². The highest BCUT2D eigenvalue weighted by Crippen LogP contribution is 2.35. The number of phenols is 1. The van der Waals surface area contributed by atoms with Crippen LogP contribution in [0.5, 0.6) is 11.5 Å². The van der Waals surface area contributed by atoms with E-state index in [9.17, 15) is 14.5 Å². The van der Waals surface area contributed by atoms with E-state index in [0.717, 1.165) is 22.3 Å². The van der Waals surface area contributed by atoms with Crippen molar-refractivity contribution < 1.29 is 29.0 Å². The molecule has 0 aliphatic heterocycles. The summed E-state index contributed by atoms with van der Waals surface area (Å²) in [5.41, 5.74) is 4.15. The summed E-state index contributed by atoms with van der Waals surface area (Å²) in [6.45, 7) is 7.35. The van der Waals surface area contributed by atoms with E-state index in [4.69, 9.17) is 14.5 Å². The summed E-state index contributed by atoms with van der Waals surface area (Å²) in [5, 5.41) is 12.7. The molecule has 7 nitrogen and oxygen atoms in total. The lowest BCUT2D eigenvalue weighted by atomic mass is 9.95. The molecule has 8 heteroatoms. The number of carbonyl (C=O) groups excluding carboxylic acids is 1. The zero-order valence-electron chi connectivity index (χ0n) is 16.4. The van der Waals surface area contributed by atoms with Crippen molar-refractivity contribution in [2.45, 2.75) is 34.1 Å². The lowest BCUT2D eigenvalue weighted by Crippen LogP contribution is -2.17. The molecule has 0 radical (unpaired) electrons. The van der Waals surface area contributed by atoms with Crippen LogP contribution in [-0.4, -0.2) is 27.1 Å². The van der Waals surface area contributed by atoms with E-state index in [-0.39, 0.29) is 17.6 Å². The van der Waals surface area contributed by atoms with Crippen LogP contribution in [0.4, 0.5) is 5.69 Å². The fourth-order valence-corrected chi connectivity index (χ4v) is 3.07. The third-order valence-electron chi connectivity index (χ3n) is 4.29. The van der Waals surface area contributed by atoms with Gasteiger partial charge in [0.1, 0.15) is 11.5 Å². The Morgan fingerprint density at radius 1 is 1.14 bits per heavy atom. The van der Waals surface area contributed by atoms with Gasteiger partial charge in [0, 0.05) is 5.92 Å². The normalized spacial score (nSPS) is 11.5. The lowest BCUT2D eigenvalue weighted by Gasteiger charge is -2.15. The predicted octanol–water partition coefficient (Wildman–Crippen LogP) is 3.71. The van der Waals surface area contributed by atoms with E-state index in [2.05, 4.69) is 5.32 Å². The van der Waals surface area contributed by atoms with Gasteiger partial charge in [0.25, 0.3) is 0 Å². The summed E-state index contributed by atoms with van der Waals surface area (Å²) in [6, 6.07) is 8.55. The SMILES string of the molecule is Cc1cc(OCP(=O)(O)O)cc(C)c1Cc1ccc(O)c(NC(=O)C(C)C)c1. The van der Waals surface area contributed by atoms with Crippen molar-refractivity contribution in [2.75, 3.05) is 11.7 Å². The van der Waals surface area contributed by atoms with E-state index in [1.807, 2.05) is 13.8 Å². The topological polar surface area (TPSA) is 116 Å². The number of aromatic hydroxyl groups is 1. The Morgan fingerprint density at radius 3 is 2.29 bits per heavy atom. The van der Waals surface area contributed by atoms with Crippen molar-refractivity contribution in [1.29, 1.82) is 0 Å². The minimum Gasteiger partial charge on any atom is -0.506 e. The first-order valence-corrected chi connectivity index (χ1v) is 10.7. The first kappa shape index (κ1) is 22.0. The highest BCUT2D eigenvalue weighted by molar-refractivity contribution is 7.51. The molecule has 152 valence electrons. The van der Waals surface area contributed by atoms with Crippen LogP contribution in [0.1, 0.15) is 36.1 Å². The number of phenolic OH excluding ortho intramolecular Hbond substituents is 1. The molecule has 0 saturated carbocycles. The Bertz CT molecular complexity index is 896. The van der Waals surface area contributed by atoms with Crippen LogP contribution in [0.25, 0.3) is 0 Å². The van der Waals surface area contributed by atoms with Gasteiger partial charge in [0.05, 0.1) is 5.69 Å². The van der Waals surface area contributed by atoms with Crippen LogP contribution >= 0.6 is 7.60 Å². The van der Waals surface area contributed by atoms with E-state index in [1.165, 1.54) is 0 Å². The molecule has 4 N–H and O–H groups in total. The zero-order chi connectivity index (χ0) is 21.1. The maximum absolute atomic E-state index is 11.9. The van der Waals surface area contributed by atoms with E-state index in [0.29, 0.717) is 17.9 Å². The summed E-state index contributed by atoms with van der Waals surface area (Å²) < 4.78 is 16.2. The number of hydrogen-bond donors (Lipinski definition) is 4. The molecule has 0 aliphatic rings. The fourth-order valence-electron chi connectivity index (χ4n) is 2.75. The molecule has 2 rings (SSSR count). The third kappa shape index (κ3) is 6.09. The fraction of sp³-hybridized carbons (Fsp3) is 0.350. The first-order valence-electron chi connectivity index (χ1n) is 8.86. The van der Waals surface area contributed by atoms with Gasteiger partial charge in [0.2, 0.25) is 5.91 Å². The van der Waals surface area contributed by atoms with Crippen LogP contribution in [0.15, 0.2) is 30.3 Å². The minimum atomic E-state index is -4.24. The van der Waals surface area contributed by atoms with Gasteiger partial charge < -0.3 is 24.9 Å². The second-order valence-electron chi connectivity index (χ2n) is 7.15. The molecule has 2 aromatic carbocycles. The standard InChI is InChI=1S/C20H26NO6P/c1-12(2)20(23)21-18-10-15(5-6-19(18)22)9-17-13(3)7-16(8-14(17)4)27-11-28(24,25)26/h5-8,10,12,22H,9,11H2,1-4H3,(H,21,23)(H2,24,25,26). The molecule has 0 bridgehead atoms. The average molecular weight is 407 g/mol. The molecule has 0 spiro atoms. The molecule has 1 amide bonds. The Hall–Kier alpha value is -2.34. The number of rotatable bonds is 7. The lowest BCUT2D eigenvalue weighted by molar-refractivity contribution is -0.118. The third-order valence-corrected chi connectivity index (χ3v) is 4.76. The highest BCUT2D eigenvalue weighted by Gasteiger charge is 2.16. The largest absolute Gasteiger partial charge is 0.506 e. The monoisotopic (exact) mass is 407 g/mol. The molecule has 0 aromatic heterocycles. The van der Waals surface area contributed by atoms with E-state index >= 15 is 0 Å². The van der Waals surface area contributed by atoms with Crippen LogP contribution < -0.4 is 10.1 Å². The van der Waals surface area contributed by atoms with Crippen LogP contribution in [0.3, 0.4) is 0 Å². The molecule has 0 aliphatic carbocycles. The number of ether oxygens (including phenoxy) is 1. The minimum absolute atomic E-state index is 0.00683. The Labute approximate surface area is 164 Å². The molecule has 2 aromatic rings. The number of anilines is 1. The average Bonchev–Trinajstić information content (AvgIpc) is 2.58. The van der Waals surface area contributed by atoms with Gasteiger partial charge in [-0.25, -0.2) is 0 Å². The molecule has 0 saturated heterocycles. The van der Waals surface area contributed by atoms with Crippen molar-refractivity contribution in [3.63, 3.8) is 0 Å². The molecule has 0 fully saturated rings. The van der Waals surface area contributed by atoms with Gasteiger partial charge >= 0.3 is 7.60 Å². The predicted molar refractivity (Wildman–Crippen MR) is 108 cm³/mol. The second-order valence-corrected chi connectivity index (χ2v) is 8.73. The van der Waals surface area contributed by atoms with Gasteiger partial charge in [-0.15, -0.1) is 0 Å². The number of nitrogens with one attached hydrogen (secondary N) is 1. The Balaban J connectivity index is 2.23. The molecule has 0 unspecified atom stereocenters. The molecule has 28 heavy (non-hydrogen) atoms. The summed E-state index contributed by atoms with van der Waals surface area (Å²) in [7, 11) is -4.24. The quantitative estimate of drug-likeness (QED) is 0.411. The first-order chi connectivity index (χ1) is 13.0. The van der Waals surface area contributed by atoms with Crippen molar-refractivity contribution in [3.8, 4) is 11.5 Å². The van der Waals surface area contributed by atoms with Gasteiger partial charge in [0.15, 0.2) is 6.35 Å².